The fourth-order valence-corrected chi connectivity index (χ4v) is 5.15. The summed E-state index contributed by atoms with van der Waals surface area (Å²) in [5.41, 5.74) is 4.96. The van der Waals surface area contributed by atoms with Crippen LogP contribution in [-0.4, -0.2) is 58.7 Å². The van der Waals surface area contributed by atoms with E-state index in [0.29, 0.717) is 17.9 Å². The summed E-state index contributed by atoms with van der Waals surface area (Å²) < 4.78 is 36.7. The number of carbonyl (C=O) groups is 1. The number of ether oxygens (including phenoxy) is 3. The smallest absolute Gasteiger partial charge is 0.495 e. The van der Waals surface area contributed by atoms with E-state index in [0.717, 1.165) is 5.46 Å². The van der Waals surface area contributed by atoms with Crippen molar-refractivity contribution >= 4 is 27.0 Å². The number of hydrogen-bond donors (Lipinski definition) is 1. The summed E-state index contributed by atoms with van der Waals surface area (Å²) in [5.74, 6) is 1.25. The molecule has 2 rings (SSSR count). The minimum absolute atomic E-state index is 0.00703. The second-order valence-corrected chi connectivity index (χ2v) is 18.6. The molecule has 38 heavy (non-hydrogen) atoms. The van der Waals surface area contributed by atoms with Crippen LogP contribution in [0.4, 0.5) is 4.79 Å². The molecule has 1 heterocycles. The minimum Gasteiger partial charge on any atom is -0.497 e. The van der Waals surface area contributed by atoms with Gasteiger partial charge in [-0.2, -0.15) is 0 Å². The van der Waals surface area contributed by atoms with Gasteiger partial charge in [0.15, 0.2) is 8.32 Å². The van der Waals surface area contributed by atoms with Crippen LogP contribution in [-0.2, 0) is 18.5 Å². The summed E-state index contributed by atoms with van der Waals surface area (Å²) in [7, 11) is -1.10. The highest BCUT2D eigenvalue weighted by Gasteiger charge is 2.52. The third-order valence-corrected chi connectivity index (χ3v) is 12.6. The van der Waals surface area contributed by atoms with Crippen LogP contribution in [0.3, 0.4) is 0 Å². The van der Waals surface area contributed by atoms with Crippen LogP contribution in [0.15, 0.2) is 18.2 Å². The summed E-state index contributed by atoms with van der Waals surface area (Å²) in [6.07, 6.45) is -1.11. The van der Waals surface area contributed by atoms with Gasteiger partial charge in [0.1, 0.15) is 24.2 Å². The van der Waals surface area contributed by atoms with Crippen LogP contribution in [0.2, 0.25) is 18.1 Å². The molecule has 2 atom stereocenters. The second-order valence-electron chi connectivity index (χ2n) is 13.9. The first-order valence-corrected chi connectivity index (χ1v) is 16.3. The number of methoxy groups -OCH3 is 1. The molecule has 1 aromatic rings. The molecule has 2 N–H and O–H groups in total. The zero-order valence-electron chi connectivity index (χ0n) is 25.8. The van der Waals surface area contributed by atoms with Gasteiger partial charge in [-0.1, -0.05) is 41.5 Å². The van der Waals surface area contributed by atoms with Gasteiger partial charge in [0, 0.05) is 12.5 Å². The molecule has 0 bridgehead atoms. The molecule has 1 saturated heterocycles. The SMILES string of the molecule is COc1cc(OCC(CC(OC(N)=O)C(C)(C)C)O[Si](C)(C)C(C)(C)C)cc(B2OC(C)(C)C(C)(C)O2)c1. The zero-order chi connectivity index (χ0) is 29.3. The molecule has 1 fully saturated rings. The average molecular weight is 552 g/mol. The maximum Gasteiger partial charge on any atom is 0.495 e. The Kier molecular flexibility index (Phi) is 9.73. The van der Waals surface area contributed by atoms with Gasteiger partial charge in [-0.25, -0.2) is 4.79 Å². The first-order valence-electron chi connectivity index (χ1n) is 13.4. The van der Waals surface area contributed by atoms with E-state index in [1.54, 1.807) is 7.11 Å². The Morgan fingerprint density at radius 1 is 1.00 bits per heavy atom. The molecular weight excluding hydrogens is 501 g/mol. The van der Waals surface area contributed by atoms with Crippen LogP contribution in [0.25, 0.3) is 0 Å². The summed E-state index contributed by atoms with van der Waals surface area (Å²) in [4.78, 5) is 11.7. The molecule has 8 nitrogen and oxygen atoms in total. The lowest BCUT2D eigenvalue weighted by Gasteiger charge is -2.41. The summed E-state index contributed by atoms with van der Waals surface area (Å²) in [6, 6.07) is 5.64. The lowest BCUT2D eigenvalue weighted by molar-refractivity contribution is -0.00688. The Labute approximate surface area is 231 Å². The van der Waals surface area contributed by atoms with Crippen LogP contribution in [0, 0.1) is 5.41 Å². The number of primary amides is 1. The van der Waals surface area contributed by atoms with Crippen molar-refractivity contribution in [2.75, 3.05) is 13.7 Å². The van der Waals surface area contributed by atoms with E-state index in [1.807, 2.05) is 66.7 Å². The maximum atomic E-state index is 11.7. The van der Waals surface area contributed by atoms with Crippen molar-refractivity contribution in [3.63, 3.8) is 0 Å². The van der Waals surface area contributed by atoms with Gasteiger partial charge in [-0.15, -0.1) is 0 Å². The minimum atomic E-state index is -2.17. The van der Waals surface area contributed by atoms with Gasteiger partial charge < -0.3 is 33.7 Å². The Morgan fingerprint density at radius 2 is 1.53 bits per heavy atom. The van der Waals surface area contributed by atoms with E-state index in [1.165, 1.54) is 0 Å². The van der Waals surface area contributed by atoms with Crippen LogP contribution in [0.1, 0.15) is 75.7 Å². The van der Waals surface area contributed by atoms with Gasteiger partial charge in [0.25, 0.3) is 0 Å². The largest absolute Gasteiger partial charge is 0.497 e. The highest BCUT2D eigenvalue weighted by molar-refractivity contribution is 6.74. The van der Waals surface area contributed by atoms with Crippen LogP contribution < -0.4 is 20.7 Å². The molecule has 10 heteroatoms. The quantitative estimate of drug-likeness (QED) is 0.375. The number of carbonyl (C=O) groups excluding carboxylic acids is 1. The fourth-order valence-electron chi connectivity index (χ4n) is 3.80. The summed E-state index contributed by atoms with van der Waals surface area (Å²) in [6.45, 7) is 25.4. The summed E-state index contributed by atoms with van der Waals surface area (Å²) >= 11 is 0. The third kappa shape index (κ3) is 8.13. The number of nitrogens with two attached hydrogens (primary N) is 1. The average Bonchev–Trinajstić information content (AvgIpc) is 2.96. The molecule has 1 amide bonds. The second kappa shape index (κ2) is 11.4. The molecule has 1 aliphatic rings. The predicted octanol–water partition coefficient (Wildman–Crippen LogP) is 5.66. The summed E-state index contributed by atoms with van der Waals surface area (Å²) in [5, 5.41) is -0.00703. The van der Waals surface area contributed by atoms with Gasteiger partial charge in [-0.05, 0) is 68.8 Å². The molecular formula is C28H50BNO7Si. The number of amides is 1. The Balaban J connectivity index is 2.34. The van der Waals surface area contributed by atoms with Crippen molar-refractivity contribution in [2.24, 2.45) is 11.1 Å². The van der Waals surface area contributed by atoms with E-state index in [2.05, 4.69) is 33.9 Å². The molecule has 216 valence electrons. The molecule has 0 spiro atoms. The Bertz CT molecular complexity index is 953. The molecule has 0 aromatic heterocycles. The van der Waals surface area contributed by atoms with Gasteiger partial charge in [0.2, 0.25) is 0 Å². The van der Waals surface area contributed by atoms with Gasteiger partial charge in [0.05, 0.1) is 24.4 Å². The lowest BCUT2D eigenvalue weighted by Crippen LogP contribution is -2.47. The molecule has 1 aromatic carbocycles. The molecule has 1 aliphatic heterocycles. The van der Waals surface area contributed by atoms with Crippen molar-refractivity contribution in [1.82, 2.24) is 0 Å². The topological polar surface area (TPSA) is 98.5 Å². The van der Waals surface area contributed by atoms with Crippen molar-refractivity contribution in [3.05, 3.63) is 18.2 Å². The maximum absolute atomic E-state index is 11.7. The molecule has 0 aliphatic carbocycles. The molecule has 2 unspecified atom stereocenters. The zero-order valence-corrected chi connectivity index (χ0v) is 26.8. The van der Waals surface area contributed by atoms with Crippen LogP contribution >= 0.6 is 0 Å². The number of rotatable bonds is 10. The van der Waals surface area contributed by atoms with E-state index >= 15 is 0 Å². The Hall–Kier alpha value is -1.75. The van der Waals surface area contributed by atoms with Gasteiger partial charge in [-0.3, -0.25) is 0 Å². The number of hydrogen-bond acceptors (Lipinski definition) is 7. The molecule has 0 saturated carbocycles. The first kappa shape index (κ1) is 32.5. The highest BCUT2D eigenvalue weighted by Crippen LogP contribution is 2.39. The standard InChI is InChI=1S/C28H50BNO7Si/c1-25(2,3)23(34-24(30)31)17-22(35-38(12,13)26(4,5)6)18-33-21-15-19(14-20(16-21)32-11)29-36-27(7,8)28(9,10)37-29/h14-16,22-23H,17-18H2,1-13H3,(H2,30,31). The molecule has 0 radical (unpaired) electrons. The van der Waals surface area contributed by atoms with Gasteiger partial charge >= 0.3 is 13.2 Å². The normalized spacial score (nSPS) is 19.1. The first-order chi connectivity index (χ1) is 17.1. The van der Waals surface area contributed by atoms with E-state index in [9.17, 15) is 4.79 Å². The van der Waals surface area contributed by atoms with Crippen molar-refractivity contribution in [1.29, 1.82) is 0 Å². The van der Waals surface area contributed by atoms with Crippen molar-refractivity contribution in [2.45, 2.75) is 117 Å². The van der Waals surface area contributed by atoms with Crippen molar-refractivity contribution in [3.8, 4) is 11.5 Å². The third-order valence-electron chi connectivity index (χ3n) is 8.07. The highest BCUT2D eigenvalue weighted by atomic mass is 28.4. The monoisotopic (exact) mass is 551 g/mol. The van der Waals surface area contributed by atoms with Crippen molar-refractivity contribution < 1.29 is 32.7 Å². The van der Waals surface area contributed by atoms with Crippen LogP contribution in [0.5, 0.6) is 11.5 Å². The van der Waals surface area contributed by atoms with E-state index in [4.69, 9.17) is 33.7 Å². The lowest BCUT2D eigenvalue weighted by atomic mass is 9.79. The van der Waals surface area contributed by atoms with E-state index in [-0.39, 0.29) is 23.2 Å². The Morgan fingerprint density at radius 3 is 1.97 bits per heavy atom. The van der Waals surface area contributed by atoms with E-state index < -0.39 is 38.8 Å². The predicted molar refractivity (Wildman–Crippen MR) is 155 cm³/mol. The number of benzene rings is 1. The fraction of sp³-hybridized carbons (Fsp3) is 0.750.